The number of carbonyl (C=O) groups excluding carboxylic acids is 2. The van der Waals surface area contributed by atoms with Gasteiger partial charge < -0.3 is 4.74 Å². The Balaban J connectivity index is 1.92. The summed E-state index contributed by atoms with van der Waals surface area (Å²) in [5, 5.41) is 10.8. The van der Waals surface area contributed by atoms with Gasteiger partial charge in [0, 0.05) is 11.6 Å². The number of nitro benzene ring substituents is 1. The molecule has 0 saturated carbocycles. The zero-order valence-electron chi connectivity index (χ0n) is 14.7. The number of hydrazine groups is 1. The molecule has 9 heteroatoms. The van der Waals surface area contributed by atoms with Gasteiger partial charge in [0.1, 0.15) is 10.8 Å². The average molecular weight is 392 g/mol. The van der Waals surface area contributed by atoms with Crippen LogP contribution in [0.1, 0.15) is 35.7 Å². The van der Waals surface area contributed by atoms with E-state index in [1.165, 1.54) is 12.1 Å². The van der Waals surface area contributed by atoms with Gasteiger partial charge in [0.25, 0.3) is 17.5 Å². The molecule has 0 atom stereocenters. The van der Waals surface area contributed by atoms with Crippen molar-refractivity contribution in [1.82, 2.24) is 10.9 Å². The van der Waals surface area contributed by atoms with E-state index in [0.29, 0.717) is 5.75 Å². The Hall–Kier alpha value is -3.13. The summed E-state index contributed by atoms with van der Waals surface area (Å²) < 4.78 is 5.49. The van der Waals surface area contributed by atoms with Crippen molar-refractivity contribution < 1.29 is 19.2 Å². The summed E-state index contributed by atoms with van der Waals surface area (Å²) in [5.41, 5.74) is 4.92. The molecule has 2 rings (SSSR count). The first kappa shape index (κ1) is 20.2. The van der Waals surface area contributed by atoms with Gasteiger partial charge in [0.05, 0.1) is 4.92 Å². The smallest absolute Gasteiger partial charge is 0.288 e. The molecule has 0 aliphatic carbocycles. The first-order valence-corrected chi connectivity index (χ1v) is 8.42. The highest BCUT2D eigenvalue weighted by atomic mass is 35.5. The van der Waals surface area contributed by atoms with Gasteiger partial charge in [-0.3, -0.25) is 30.6 Å². The Kier molecular flexibility index (Phi) is 6.73. The highest BCUT2D eigenvalue weighted by Crippen LogP contribution is 2.26. The largest absolute Gasteiger partial charge is 0.483 e. The van der Waals surface area contributed by atoms with Crippen molar-refractivity contribution in [3.63, 3.8) is 0 Å². The molecular weight excluding hydrogens is 374 g/mol. The number of hydrogen-bond acceptors (Lipinski definition) is 5. The van der Waals surface area contributed by atoms with Crippen LogP contribution in [0.3, 0.4) is 0 Å². The SMILES string of the molecule is CC(C)c1ccccc1OCC(=O)NNC(=O)c1ccc(Cl)c([N+](=O)[O-])c1. The zero-order valence-corrected chi connectivity index (χ0v) is 15.4. The number of hydrogen-bond donors (Lipinski definition) is 2. The lowest BCUT2D eigenvalue weighted by molar-refractivity contribution is -0.384. The van der Waals surface area contributed by atoms with Crippen LogP contribution in [-0.4, -0.2) is 23.3 Å². The van der Waals surface area contributed by atoms with E-state index in [9.17, 15) is 19.7 Å². The van der Waals surface area contributed by atoms with E-state index in [0.717, 1.165) is 11.6 Å². The molecule has 0 bridgehead atoms. The Morgan fingerprint density at radius 2 is 1.89 bits per heavy atom. The van der Waals surface area contributed by atoms with Crippen LogP contribution >= 0.6 is 11.6 Å². The molecule has 2 N–H and O–H groups in total. The number of nitro groups is 1. The fourth-order valence-electron chi connectivity index (χ4n) is 2.26. The minimum Gasteiger partial charge on any atom is -0.483 e. The molecule has 0 saturated heterocycles. The van der Waals surface area contributed by atoms with Gasteiger partial charge in [-0.25, -0.2) is 0 Å². The molecule has 0 unspecified atom stereocenters. The predicted molar refractivity (Wildman–Crippen MR) is 99.7 cm³/mol. The number of rotatable bonds is 6. The fraction of sp³-hybridized carbons (Fsp3) is 0.222. The van der Waals surface area contributed by atoms with Gasteiger partial charge in [-0.15, -0.1) is 0 Å². The van der Waals surface area contributed by atoms with Crippen LogP contribution in [0.25, 0.3) is 0 Å². The van der Waals surface area contributed by atoms with Crippen molar-refractivity contribution in [2.75, 3.05) is 6.61 Å². The normalized spacial score (nSPS) is 10.4. The topological polar surface area (TPSA) is 111 Å². The molecule has 0 heterocycles. The molecule has 2 aromatic rings. The molecule has 0 spiro atoms. The van der Waals surface area contributed by atoms with Gasteiger partial charge in [-0.2, -0.15) is 0 Å². The zero-order chi connectivity index (χ0) is 20.0. The molecule has 0 radical (unpaired) electrons. The lowest BCUT2D eigenvalue weighted by Gasteiger charge is -2.14. The summed E-state index contributed by atoms with van der Waals surface area (Å²) in [6.07, 6.45) is 0. The van der Waals surface area contributed by atoms with Gasteiger partial charge in [0.2, 0.25) is 0 Å². The number of carbonyl (C=O) groups is 2. The molecule has 0 aromatic heterocycles. The Morgan fingerprint density at radius 3 is 2.56 bits per heavy atom. The maximum atomic E-state index is 12.0. The van der Waals surface area contributed by atoms with E-state index in [-0.39, 0.29) is 23.1 Å². The maximum Gasteiger partial charge on any atom is 0.288 e. The molecule has 0 aliphatic heterocycles. The van der Waals surface area contributed by atoms with E-state index in [1.54, 1.807) is 12.1 Å². The summed E-state index contributed by atoms with van der Waals surface area (Å²) in [5.74, 6) is -0.483. The Labute approximate surface area is 160 Å². The van der Waals surface area contributed by atoms with Crippen LogP contribution in [-0.2, 0) is 4.79 Å². The first-order valence-electron chi connectivity index (χ1n) is 8.04. The monoisotopic (exact) mass is 391 g/mol. The third-order valence-corrected chi connectivity index (χ3v) is 3.94. The Bertz CT molecular complexity index is 870. The highest BCUT2D eigenvalue weighted by Gasteiger charge is 2.17. The lowest BCUT2D eigenvalue weighted by atomic mass is 10.0. The number of amides is 2. The maximum absolute atomic E-state index is 12.0. The second kappa shape index (κ2) is 9.00. The van der Waals surface area contributed by atoms with E-state index in [1.807, 2.05) is 26.0 Å². The molecule has 0 aliphatic rings. The van der Waals surface area contributed by atoms with Crippen LogP contribution < -0.4 is 15.6 Å². The minimum atomic E-state index is -0.717. The first-order chi connectivity index (χ1) is 12.8. The number of nitrogens with zero attached hydrogens (tertiary/aromatic N) is 1. The number of ether oxygens (including phenoxy) is 1. The van der Waals surface area contributed by atoms with E-state index in [4.69, 9.17) is 16.3 Å². The quantitative estimate of drug-likeness (QED) is 0.580. The van der Waals surface area contributed by atoms with Crippen LogP contribution in [0.2, 0.25) is 5.02 Å². The molecule has 0 fully saturated rings. The third-order valence-electron chi connectivity index (χ3n) is 3.62. The minimum absolute atomic E-state index is 0.0162. The summed E-state index contributed by atoms with van der Waals surface area (Å²) in [6.45, 7) is 3.71. The van der Waals surface area contributed by atoms with Crippen molar-refractivity contribution in [1.29, 1.82) is 0 Å². The molecule has 27 heavy (non-hydrogen) atoms. The lowest BCUT2D eigenvalue weighted by Crippen LogP contribution is -2.43. The Morgan fingerprint density at radius 1 is 1.19 bits per heavy atom. The van der Waals surface area contributed by atoms with Crippen LogP contribution in [0.15, 0.2) is 42.5 Å². The average Bonchev–Trinajstić information content (AvgIpc) is 2.64. The number of para-hydroxylation sites is 1. The number of halogens is 1. The summed E-state index contributed by atoms with van der Waals surface area (Å²) in [6, 6.07) is 10.9. The van der Waals surface area contributed by atoms with Crippen LogP contribution in [0.5, 0.6) is 5.75 Å². The second-order valence-corrected chi connectivity index (χ2v) is 6.31. The molecular formula is C18H18ClN3O5. The second-order valence-electron chi connectivity index (χ2n) is 5.91. The van der Waals surface area contributed by atoms with E-state index >= 15 is 0 Å². The van der Waals surface area contributed by atoms with E-state index in [2.05, 4.69) is 10.9 Å². The standard InChI is InChI=1S/C18H18ClN3O5/c1-11(2)13-5-3-4-6-16(13)27-10-17(23)20-21-18(24)12-7-8-14(19)15(9-12)22(25)26/h3-9,11H,10H2,1-2H3,(H,20,23)(H,21,24). The number of benzene rings is 2. The van der Waals surface area contributed by atoms with Crippen molar-refractivity contribution >= 4 is 29.1 Å². The third kappa shape index (κ3) is 5.42. The van der Waals surface area contributed by atoms with Crippen molar-refractivity contribution in [2.24, 2.45) is 0 Å². The van der Waals surface area contributed by atoms with Gasteiger partial charge in [0.15, 0.2) is 6.61 Å². The van der Waals surface area contributed by atoms with Gasteiger partial charge >= 0.3 is 0 Å². The molecule has 2 aromatic carbocycles. The summed E-state index contributed by atoms with van der Waals surface area (Å²) >= 11 is 5.70. The predicted octanol–water partition coefficient (Wildman–Crippen LogP) is 3.21. The molecule has 2 amide bonds. The van der Waals surface area contributed by atoms with Crippen molar-refractivity contribution in [3.05, 3.63) is 68.7 Å². The fourth-order valence-corrected chi connectivity index (χ4v) is 2.45. The summed E-state index contributed by atoms with van der Waals surface area (Å²) in [7, 11) is 0. The van der Waals surface area contributed by atoms with Crippen molar-refractivity contribution in [3.8, 4) is 5.75 Å². The van der Waals surface area contributed by atoms with Crippen LogP contribution in [0, 0.1) is 10.1 Å². The van der Waals surface area contributed by atoms with E-state index < -0.39 is 22.4 Å². The van der Waals surface area contributed by atoms with Gasteiger partial charge in [-0.05, 0) is 29.7 Å². The number of nitrogens with one attached hydrogen (secondary N) is 2. The molecule has 8 nitrogen and oxygen atoms in total. The van der Waals surface area contributed by atoms with Gasteiger partial charge in [-0.1, -0.05) is 43.6 Å². The van der Waals surface area contributed by atoms with Crippen molar-refractivity contribution in [2.45, 2.75) is 19.8 Å². The summed E-state index contributed by atoms with van der Waals surface area (Å²) in [4.78, 5) is 34.1. The van der Waals surface area contributed by atoms with Crippen LogP contribution in [0.4, 0.5) is 5.69 Å². The molecule has 142 valence electrons. The highest BCUT2D eigenvalue weighted by molar-refractivity contribution is 6.32.